The van der Waals surface area contributed by atoms with Gasteiger partial charge in [-0.15, -0.1) is 0 Å². The van der Waals surface area contributed by atoms with Crippen molar-refractivity contribution in [2.45, 2.75) is 29.7 Å². The zero-order valence-corrected chi connectivity index (χ0v) is 12.2. The molecule has 21 heavy (non-hydrogen) atoms. The summed E-state index contributed by atoms with van der Waals surface area (Å²) in [5.41, 5.74) is -1.18. The number of hydrogen-bond donors (Lipinski definition) is 2. The number of aliphatic hydroxyl groups is 1. The van der Waals surface area contributed by atoms with Crippen molar-refractivity contribution in [1.29, 1.82) is 0 Å². The van der Waals surface area contributed by atoms with E-state index in [0.717, 1.165) is 31.7 Å². The van der Waals surface area contributed by atoms with Gasteiger partial charge in [-0.1, -0.05) is 0 Å². The molecule has 0 bridgehead atoms. The van der Waals surface area contributed by atoms with Crippen molar-refractivity contribution in [3.63, 3.8) is 0 Å². The number of rotatable bonds is 5. The van der Waals surface area contributed by atoms with Crippen LogP contribution in [-0.2, 0) is 14.8 Å². The van der Waals surface area contributed by atoms with Gasteiger partial charge in [-0.05, 0) is 37.5 Å². The van der Waals surface area contributed by atoms with E-state index in [4.69, 9.17) is 0 Å². The largest absolute Gasteiger partial charge is 0.465 e. The van der Waals surface area contributed by atoms with Gasteiger partial charge in [0.1, 0.15) is 5.82 Å². The van der Waals surface area contributed by atoms with E-state index in [1.807, 2.05) is 0 Å². The molecule has 1 aromatic rings. The number of carbonyl (C=O) groups is 1. The Balaban J connectivity index is 2.44. The van der Waals surface area contributed by atoms with Gasteiger partial charge >= 0.3 is 5.97 Å². The third-order valence-electron chi connectivity index (χ3n) is 3.60. The molecular weight excluding hydrogens is 301 g/mol. The van der Waals surface area contributed by atoms with Crippen molar-refractivity contribution in [3.05, 3.63) is 29.6 Å². The maximum atomic E-state index is 13.4. The van der Waals surface area contributed by atoms with Crippen molar-refractivity contribution < 1.29 is 27.4 Å². The Morgan fingerprint density at radius 1 is 1.48 bits per heavy atom. The summed E-state index contributed by atoms with van der Waals surface area (Å²) in [4.78, 5) is 11.1. The van der Waals surface area contributed by atoms with Crippen LogP contribution in [0.25, 0.3) is 0 Å². The number of esters is 1. The number of carbonyl (C=O) groups excluding carboxylic acids is 1. The Hall–Kier alpha value is -1.51. The van der Waals surface area contributed by atoms with Crippen LogP contribution in [0.4, 0.5) is 4.39 Å². The average Bonchev–Trinajstić information content (AvgIpc) is 2.42. The first-order valence-electron chi connectivity index (χ1n) is 6.36. The molecule has 2 N–H and O–H groups in total. The molecule has 8 heteroatoms. The quantitative estimate of drug-likeness (QED) is 0.784. The zero-order valence-electron chi connectivity index (χ0n) is 11.4. The monoisotopic (exact) mass is 317 g/mol. The molecule has 0 saturated heterocycles. The van der Waals surface area contributed by atoms with Crippen LogP contribution >= 0.6 is 0 Å². The molecule has 1 aromatic carbocycles. The van der Waals surface area contributed by atoms with Crippen LogP contribution in [0.15, 0.2) is 23.1 Å². The molecule has 2 rings (SSSR count). The van der Waals surface area contributed by atoms with E-state index in [2.05, 4.69) is 9.46 Å². The molecule has 0 aliphatic heterocycles. The second-order valence-corrected chi connectivity index (χ2v) is 6.68. The fourth-order valence-corrected chi connectivity index (χ4v) is 3.89. The third kappa shape index (κ3) is 3.07. The maximum absolute atomic E-state index is 13.4. The normalized spacial score (nSPS) is 17.1. The molecule has 0 spiro atoms. The lowest BCUT2D eigenvalue weighted by molar-refractivity contribution is 0.0596. The van der Waals surface area contributed by atoms with E-state index in [9.17, 15) is 22.7 Å². The molecule has 0 radical (unpaired) electrons. The highest BCUT2D eigenvalue weighted by atomic mass is 32.2. The van der Waals surface area contributed by atoms with Gasteiger partial charge in [0.15, 0.2) is 0 Å². The van der Waals surface area contributed by atoms with Crippen LogP contribution in [-0.4, -0.2) is 38.7 Å². The maximum Gasteiger partial charge on any atom is 0.339 e. The van der Waals surface area contributed by atoms with Gasteiger partial charge in [-0.2, -0.15) is 0 Å². The number of hydrogen-bond acceptors (Lipinski definition) is 5. The first kappa shape index (κ1) is 15.9. The minimum Gasteiger partial charge on any atom is -0.465 e. The Labute approximate surface area is 122 Å². The van der Waals surface area contributed by atoms with Crippen molar-refractivity contribution >= 4 is 16.0 Å². The molecule has 1 saturated carbocycles. The van der Waals surface area contributed by atoms with E-state index in [1.54, 1.807) is 0 Å². The van der Waals surface area contributed by atoms with Gasteiger partial charge in [0.25, 0.3) is 0 Å². The second kappa shape index (κ2) is 5.70. The van der Waals surface area contributed by atoms with Crippen LogP contribution in [0.1, 0.15) is 29.6 Å². The second-order valence-electron chi connectivity index (χ2n) is 5.03. The summed E-state index contributed by atoms with van der Waals surface area (Å²) in [6, 6.07) is 2.80. The summed E-state index contributed by atoms with van der Waals surface area (Å²) in [5.74, 6) is -1.66. The Bertz CT molecular complexity index is 649. The summed E-state index contributed by atoms with van der Waals surface area (Å²) in [6.07, 6.45) is 1.77. The van der Waals surface area contributed by atoms with E-state index < -0.39 is 32.2 Å². The molecule has 116 valence electrons. The number of nitrogens with one attached hydrogen (secondary N) is 1. The molecular formula is C13H16FNO5S. The summed E-state index contributed by atoms with van der Waals surface area (Å²) < 4.78 is 45.0. The summed E-state index contributed by atoms with van der Waals surface area (Å²) in [5, 5.41) is 9.33. The van der Waals surface area contributed by atoms with Gasteiger partial charge in [0.05, 0.1) is 29.7 Å². The van der Waals surface area contributed by atoms with Crippen LogP contribution in [0, 0.1) is 5.82 Å². The Morgan fingerprint density at radius 3 is 2.62 bits per heavy atom. The van der Waals surface area contributed by atoms with Crippen molar-refractivity contribution in [1.82, 2.24) is 4.72 Å². The average molecular weight is 317 g/mol. The molecule has 0 unspecified atom stereocenters. The number of ether oxygens (including phenoxy) is 1. The summed E-state index contributed by atoms with van der Waals surface area (Å²) >= 11 is 0. The fraction of sp³-hybridized carbons (Fsp3) is 0.462. The number of halogens is 1. The Kier molecular flexibility index (Phi) is 4.31. The highest BCUT2D eigenvalue weighted by molar-refractivity contribution is 7.89. The van der Waals surface area contributed by atoms with Crippen molar-refractivity contribution in [3.8, 4) is 0 Å². The van der Waals surface area contributed by atoms with Crippen LogP contribution in [0.2, 0.25) is 0 Å². The fourth-order valence-electron chi connectivity index (χ4n) is 2.23. The minimum atomic E-state index is -4.15. The first-order valence-corrected chi connectivity index (χ1v) is 7.85. The summed E-state index contributed by atoms with van der Waals surface area (Å²) in [7, 11) is -3.04. The minimum absolute atomic E-state index is 0.251. The molecule has 6 nitrogen and oxygen atoms in total. The standard InChI is InChI=1S/C13H16FNO5S/c1-20-12(17)10-4-3-9(14)7-11(10)21(18,19)15-13(8-16)5-2-6-13/h3-4,7,15-16H,2,5-6,8H2,1H3. The smallest absolute Gasteiger partial charge is 0.339 e. The van der Waals surface area contributed by atoms with E-state index in [0.29, 0.717) is 12.8 Å². The highest BCUT2D eigenvalue weighted by Crippen LogP contribution is 2.33. The molecule has 0 aromatic heterocycles. The Morgan fingerprint density at radius 2 is 2.14 bits per heavy atom. The molecule has 0 amide bonds. The number of sulfonamides is 1. The highest BCUT2D eigenvalue weighted by Gasteiger charge is 2.41. The van der Waals surface area contributed by atoms with E-state index >= 15 is 0 Å². The zero-order chi connectivity index (χ0) is 15.7. The molecule has 0 heterocycles. The first-order chi connectivity index (χ1) is 9.83. The van der Waals surface area contributed by atoms with Gasteiger partial charge < -0.3 is 9.84 Å². The van der Waals surface area contributed by atoms with Crippen molar-refractivity contribution in [2.24, 2.45) is 0 Å². The topological polar surface area (TPSA) is 92.7 Å². The van der Waals surface area contributed by atoms with Crippen LogP contribution < -0.4 is 4.72 Å². The van der Waals surface area contributed by atoms with Crippen LogP contribution in [0.5, 0.6) is 0 Å². The van der Waals surface area contributed by atoms with Crippen LogP contribution in [0.3, 0.4) is 0 Å². The predicted molar refractivity (Wildman–Crippen MR) is 71.7 cm³/mol. The molecule has 1 aliphatic rings. The number of aliphatic hydroxyl groups excluding tert-OH is 1. The lowest BCUT2D eigenvalue weighted by Crippen LogP contribution is -2.56. The summed E-state index contributed by atoms with van der Waals surface area (Å²) in [6.45, 7) is -0.352. The number of methoxy groups -OCH3 is 1. The molecule has 1 fully saturated rings. The van der Waals surface area contributed by atoms with Gasteiger partial charge in [0.2, 0.25) is 10.0 Å². The van der Waals surface area contributed by atoms with Gasteiger partial charge in [0, 0.05) is 0 Å². The lowest BCUT2D eigenvalue weighted by Gasteiger charge is -2.40. The van der Waals surface area contributed by atoms with Gasteiger partial charge in [-0.25, -0.2) is 22.3 Å². The van der Waals surface area contributed by atoms with E-state index in [-0.39, 0.29) is 12.2 Å². The lowest BCUT2D eigenvalue weighted by atomic mass is 9.78. The SMILES string of the molecule is COC(=O)c1ccc(F)cc1S(=O)(=O)NC1(CO)CCC1. The van der Waals surface area contributed by atoms with Gasteiger partial charge in [-0.3, -0.25) is 0 Å². The predicted octanol–water partition coefficient (Wildman–Crippen LogP) is 0.806. The third-order valence-corrected chi connectivity index (χ3v) is 5.22. The van der Waals surface area contributed by atoms with E-state index in [1.165, 1.54) is 0 Å². The van der Waals surface area contributed by atoms with Crippen molar-refractivity contribution in [2.75, 3.05) is 13.7 Å². The number of benzene rings is 1. The molecule has 0 atom stereocenters. The molecule has 1 aliphatic carbocycles.